The van der Waals surface area contributed by atoms with Crippen LogP contribution in [0.1, 0.15) is 29.5 Å². The van der Waals surface area contributed by atoms with Crippen LogP contribution in [0.4, 0.5) is 10.1 Å². The number of fused-ring (bicyclic) bond motifs is 1. The molecule has 0 saturated heterocycles. The summed E-state index contributed by atoms with van der Waals surface area (Å²) in [6, 6.07) is 10.7. The third kappa shape index (κ3) is 5.54. The van der Waals surface area contributed by atoms with E-state index in [0.717, 1.165) is 16.2 Å². The molecule has 0 fully saturated rings. The van der Waals surface area contributed by atoms with E-state index >= 15 is 0 Å². The van der Waals surface area contributed by atoms with Crippen LogP contribution in [-0.4, -0.2) is 35.2 Å². The average Bonchev–Trinajstić information content (AvgIpc) is 2.80. The molecule has 1 aliphatic rings. The normalized spacial score (nSPS) is 15.8. The predicted octanol–water partition coefficient (Wildman–Crippen LogP) is 3.95. The second-order valence-corrected chi connectivity index (χ2v) is 7.62. The largest absolute Gasteiger partial charge is 0.355 e. The van der Waals surface area contributed by atoms with E-state index in [9.17, 15) is 19.2 Å². The summed E-state index contributed by atoms with van der Waals surface area (Å²) < 4.78 is 13.1. The number of anilines is 1. The fourth-order valence-corrected chi connectivity index (χ4v) is 3.51. The van der Waals surface area contributed by atoms with Gasteiger partial charge in [0, 0.05) is 12.1 Å². The first kappa shape index (κ1) is 23.9. The lowest BCUT2D eigenvalue weighted by Gasteiger charge is -2.34. The lowest BCUT2D eigenvalue weighted by molar-refractivity contribution is -0.168. The van der Waals surface area contributed by atoms with Gasteiger partial charge in [-0.1, -0.05) is 43.5 Å². The molecule has 2 aromatic rings. The lowest BCUT2D eigenvalue weighted by atomic mass is 9.87. The molecular formula is C25H26FN3O4. The number of carbonyl (C=O) groups excluding carboxylic acids is 2. The number of amides is 2. The fraction of sp³-hybridized carbons (Fsp3) is 0.200. The number of hydrogen-bond donors (Lipinski definition) is 3. The van der Waals surface area contributed by atoms with Gasteiger partial charge in [-0.15, -0.1) is 0 Å². The number of rotatable bonds is 9. The molecule has 7 nitrogen and oxygen atoms in total. The zero-order valence-electron chi connectivity index (χ0n) is 18.3. The van der Waals surface area contributed by atoms with E-state index in [1.165, 1.54) is 12.1 Å². The molecule has 3 N–H and O–H groups in total. The maximum absolute atomic E-state index is 13.3. The van der Waals surface area contributed by atoms with Gasteiger partial charge in [0.15, 0.2) is 0 Å². The van der Waals surface area contributed by atoms with Crippen molar-refractivity contribution in [3.8, 4) is 0 Å². The zero-order valence-corrected chi connectivity index (χ0v) is 18.3. The van der Waals surface area contributed by atoms with E-state index in [4.69, 9.17) is 4.84 Å². The highest BCUT2D eigenvalue weighted by Crippen LogP contribution is 2.37. The van der Waals surface area contributed by atoms with Crippen LogP contribution in [0.5, 0.6) is 0 Å². The minimum atomic E-state index is -1.16. The van der Waals surface area contributed by atoms with Crippen molar-refractivity contribution in [2.24, 2.45) is 0 Å². The third-order valence-corrected chi connectivity index (χ3v) is 5.21. The van der Waals surface area contributed by atoms with Gasteiger partial charge in [0.05, 0.1) is 18.0 Å². The van der Waals surface area contributed by atoms with Gasteiger partial charge in [-0.25, -0.2) is 4.39 Å². The molecule has 1 heterocycles. The van der Waals surface area contributed by atoms with Gasteiger partial charge in [-0.05, 0) is 54.3 Å². The summed E-state index contributed by atoms with van der Waals surface area (Å²) in [5, 5.41) is 13.1. The van der Waals surface area contributed by atoms with Crippen molar-refractivity contribution in [2.45, 2.75) is 19.3 Å². The number of nitrogens with zero attached hydrogens (tertiary/aromatic N) is 1. The predicted molar refractivity (Wildman–Crippen MR) is 123 cm³/mol. The van der Waals surface area contributed by atoms with E-state index in [0.29, 0.717) is 23.2 Å². The standard InChI is InChI=1S/C25H26FN3O4/c1-4-5-16(2)15-33-29-17(3)22-14-20(28-32)10-11-21(22)23(25(29)31)24(30)27-13-12-18-6-8-19(26)9-7-18/h4-11,14,23,28,32H,1,3,12-13,15H2,2H3,(H,27,30). The first-order valence-electron chi connectivity index (χ1n) is 10.4. The van der Waals surface area contributed by atoms with Crippen molar-refractivity contribution in [3.63, 3.8) is 0 Å². The van der Waals surface area contributed by atoms with Crippen LogP contribution in [0, 0.1) is 5.82 Å². The van der Waals surface area contributed by atoms with Gasteiger partial charge in [-0.2, -0.15) is 5.06 Å². The summed E-state index contributed by atoms with van der Waals surface area (Å²) in [5.41, 5.74) is 5.33. The molecule has 0 spiro atoms. The van der Waals surface area contributed by atoms with Crippen molar-refractivity contribution in [3.05, 3.63) is 95.9 Å². The molecule has 3 rings (SSSR count). The maximum Gasteiger partial charge on any atom is 0.267 e. The number of carbonyl (C=O) groups is 2. The average molecular weight is 451 g/mol. The van der Waals surface area contributed by atoms with Gasteiger partial charge in [0.2, 0.25) is 5.91 Å². The Labute approximate surface area is 191 Å². The number of nitrogens with one attached hydrogen (secondary N) is 2. The second kappa shape index (κ2) is 10.7. The molecule has 172 valence electrons. The first-order chi connectivity index (χ1) is 15.8. The van der Waals surface area contributed by atoms with Crippen LogP contribution in [0.3, 0.4) is 0 Å². The van der Waals surface area contributed by atoms with Crippen molar-refractivity contribution in [2.75, 3.05) is 18.6 Å². The van der Waals surface area contributed by atoms with Gasteiger partial charge in [-0.3, -0.25) is 25.1 Å². The Morgan fingerprint density at radius 3 is 2.67 bits per heavy atom. The van der Waals surface area contributed by atoms with Crippen LogP contribution in [0.15, 0.2) is 73.3 Å². The Kier molecular flexibility index (Phi) is 7.76. The summed E-state index contributed by atoms with van der Waals surface area (Å²) >= 11 is 0. The highest BCUT2D eigenvalue weighted by Gasteiger charge is 2.41. The SMILES string of the molecule is C=CC=C(C)CON1C(=C)c2cc(NO)ccc2C(C(=O)NCCc2ccc(F)cc2)C1=O. The second-order valence-electron chi connectivity index (χ2n) is 7.62. The molecule has 0 radical (unpaired) electrons. The van der Waals surface area contributed by atoms with E-state index in [-0.39, 0.29) is 24.7 Å². The monoisotopic (exact) mass is 451 g/mol. The van der Waals surface area contributed by atoms with Gasteiger partial charge in [0.25, 0.3) is 5.91 Å². The lowest BCUT2D eigenvalue weighted by Crippen LogP contribution is -2.45. The van der Waals surface area contributed by atoms with Crippen LogP contribution >= 0.6 is 0 Å². The summed E-state index contributed by atoms with van der Waals surface area (Å²) in [6.45, 7) is 9.78. The van der Waals surface area contributed by atoms with Gasteiger partial charge < -0.3 is 5.32 Å². The van der Waals surface area contributed by atoms with Crippen molar-refractivity contribution < 1.29 is 24.0 Å². The molecule has 2 aromatic carbocycles. The molecule has 2 amide bonds. The zero-order chi connectivity index (χ0) is 24.0. The molecular weight excluding hydrogens is 425 g/mol. The molecule has 1 unspecified atom stereocenters. The summed E-state index contributed by atoms with van der Waals surface area (Å²) in [5.74, 6) is -2.55. The van der Waals surface area contributed by atoms with Crippen molar-refractivity contribution in [1.29, 1.82) is 0 Å². The van der Waals surface area contributed by atoms with E-state index in [1.807, 2.05) is 6.92 Å². The van der Waals surface area contributed by atoms with Gasteiger partial charge in [0.1, 0.15) is 11.7 Å². The Morgan fingerprint density at radius 2 is 2.00 bits per heavy atom. The van der Waals surface area contributed by atoms with Crippen molar-refractivity contribution >= 4 is 23.2 Å². The number of allylic oxidation sites excluding steroid dienone is 2. The minimum Gasteiger partial charge on any atom is -0.355 e. The summed E-state index contributed by atoms with van der Waals surface area (Å²) in [4.78, 5) is 32.0. The van der Waals surface area contributed by atoms with Crippen LogP contribution in [-0.2, 0) is 20.8 Å². The Hall–Kier alpha value is -3.75. The van der Waals surface area contributed by atoms with E-state index in [2.05, 4.69) is 24.0 Å². The number of hydroxylamine groups is 2. The highest BCUT2D eigenvalue weighted by molar-refractivity contribution is 6.10. The summed E-state index contributed by atoms with van der Waals surface area (Å²) in [7, 11) is 0. The number of benzene rings is 2. The quantitative estimate of drug-likeness (QED) is 0.305. The molecule has 1 atom stereocenters. The van der Waals surface area contributed by atoms with Crippen LogP contribution < -0.4 is 10.8 Å². The molecule has 0 saturated carbocycles. The van der Waals surface area contributed by atoms with Crippen LogP contribution in [0.2, 0.25) is 0 Å². The van der Waals surface area contributed by atoms with Crippen molar-refractivity contribution in [1.82, 2.24) is 10.4 Å². The van der Waals surface area contributed by atoms with Gasteiger partial charge >= 0.3 is 0 Å². The minimum absolute atomic E-state index is 0.100. The number of halogens is 1. The Balaban J connectivity index is 1.82. The highest BCUT2D eigenvalue weighted by atomic mass is 19.1. The molecule has 0 aromatic heterocycles. The molecule has 8 heteroatoms. The molecule has 33 heavy (non-hydrogen) atoms. The Morgan fingerprint density at radius 1 is 1.27 bits per heavy atom. The topological polar surface area (TPSA) is 90.9 Å². The maximum atomic E-state index is 13.3. The third-order valence-electron chi connectivity index (χ3n) is 5.21. The number of hydrogen-bond acceptors (Lipinski definition) is 5. The first-order valence-corrected chi connectivity index (χ1v) is 10.4. The molecule has 0 bridgehead atoms. The smallest absolute Gasteiger partial charge is 0.267 e. The van der Waals surface area contributed by atoms with E-state index in [1.54, 1.807) is 42.5 Å². The summed E-state index contributed by atoms with van der Waals surface area (Å²) in [6.07, 6.45) is 3.83. The van der Waals surface area contributed by atoms with Crippen LogP contribution in [0.25, 0.3) is 5.70 Å². The molecule has 0 aliphatic carbocycles. The molecule has 1 aliphatic heterocycles. The van der Waals surface area contributed by atoms with E-state index < -0.39 is 17.7 Å². The fourth-order valence-electron chi connectivity index (χ4n) is 3.51. The Bertz CT molecular complexity index is 1100.